The topological polar surface area (TPSA) is 175 Å². The van der Waals surface area contributed by atoms with E-state index < -0.39 is 49.5 Å². The standard InChI is InChI=1S/C78H147NO10/c1-3-5-7-9-11-13-14-42-46-50-54-58-62-66-74(83)87-67-63-59-55-51-47-44-41-39-37-35-33-31-29-27-25-23-21-19-17-15-16-18-20-22-24-26-28-30-32-34-36-38-40-43-45-49-53-57-61-65-73(82)79-70(71(81)64-60-56-52-48-12-10-8-6-4-2)69-88-78-77(86)76(85)75(84)72(68-80)89-78/h13-16,60,64,70-72,75-78,80-81,84-86H,3-12,17-59,61-63,65-69H2,1-2H3,(H,79,82)/b14-13-,16-15-,64-60+. The van der Waals surface area contributed by atoms with Crippen molar-refractivity contribution in [2.75, 3.05) is 19.8 Å². The van der Waals surface area contributed by atoms with Crippen LogP contribution in [0.3, 0.4) is 0 Å². The molecule has 0 aromatic carbocycles. The van der Waals surface area contributed by atoms with Crippen molar-refractivity contribution in [3.8, 4) is 0 Å². The summed E-state index contributed by atoms with van der Waals surface area (Å²) in [6.07, 6.45) is 77.7. The summed E-state index contributed by atoms with van der Waals surface area (Å²) in [5, 5.41) is 54.3. The van der Waals surface area contributed by atoms with Crippen LogP contribution >= 0.6 is 0 Å². The molecule has 6 N–H and O–H groups in total. The third-order valence-electron chi connectivity index (χ3n) is 18.5. The predicted octanol–water partition coefficient (Wildman–Crippen LogP) is 20.5. The van der Waals surface area contributed by atoms with Gasteiger partial charge >= 0.3 is 5.97 Å². The smallest absolute Gasteiger partial charge is 0.305 e. The summed E-state index contributed by atoms with van der Waals surface area (Å²) in [5.74, 6) is -0.170. The Balaban J connectivity index is 1.86. The highest BCUT2D eigenvalue weighted by Gasteiger charge is 2.44. The monoisotopic (exact) mass is 1260 g/mol. The molecule has 1 aliphatic heterocycles. The quantitative estimate of drug-likeness (QED) is 0.0195. The Labute approximate surface area is 549 Å². The second-order valence-corrected chi connectivity index (χ2v) is 27.1. The lowest BCUT2D eigenvalue weighted by Crippen LogP contribution is -2.60. The average molecular weight is 1260 g/mol. The van der Waals surface area contributed by atoms with Gasteiger partial charge in [-0.05, 0) is 83.5 Å². The van der Waals surface area contributed by atoms with E-state index in [2.05, 4.69) is 43.5 Å². The van der Waals surface area contributed by atoms with E-state index in [-0.39, 0.29) is 18.5 Å². The molecule has 524 valence electrons. The predicted molar refractivity (Wildman–Crippen MR) is 375 cm³/mol. The first-order valence-electron chi connectivity index (χ1n) is 38.8. The number of ether oxygens (including phenoxy) is 3. The first kappa shape index (κ1) is 84.9. The van der Waals surface area contributed by atoms with Gasteiger partial charge in [0.25, 0.3) is 0 Å². The minimum atomic E-state index is -1.57. The summed E-state index contributed by atoms with van der Waals surface area (Å²) in [7, 11) is 0. The van der Waals surface area contributed by atoms with Crippen molar-refractivity contribution >= 4 is 11.9 Å². The lowest BCUT2D eigenvalue weighted by atomic mass is 9.99. The van der Waals surface area contributed by atoms with Crippen LogP contribution in [0.5, 0.6) is 0 Å². The molecule has 11 heteroatoms. The molecule has 1 rings (SSSR count). The fourth-order valence-corrected chi connectivity index (χ4v) is 12.4. The second kappa shape index (κ2) is 67.3. The maximum absolute atomic E-state index is 13.0. The highest BCUT2D eigenvalue weighted by atomic mass is 16.7. The van der Waals surface area contributed by atoms with Crippen molar-refractivity contribution in [2.45, 2.75) is 429 Å². The van der Waals surface area contributed by atoms with Crippen molar-refractivity contribution in [3.63, 3.8) is 0 Å². The van der Waals surface area contributed by atoms with Gasteiger partial charge in [-0.3, -0.25) is 9.59 Å². The number of carbonyl (C=O) groups excluding carboxylic acids is 2. The number of carbonyl (C=O) groups is 2. The van der Waals surface area contributed by atoms with E-state index in [1.807, 2.05) is 6.08 Å². The molecule has 1 fully saturated rings. The summed E-state index contributed by atoms with van der Waals surface area (Å²) in [6, 6.07) is -0.805. The number of allylic oxidation sites excluding steroid dienone is 5. The number of hydrogen-bond donors (Lipinski definition) is 6. The molecule has 0 saturated carbocycles. The van der Waals surface area contributed by atoms with Gasteiger partial charge in [-0.2, -0.15) is 0 Å². The molecule has 0 radical (unpaired) electrons. The van der Waals surface area contributed by atoms with Gasteiger partial charge in [0.05, 0.1) is 32.0 Å². The number of aliphatic hydroxyl groups excluding tert-OH is 5. The Hall–Kier alpha value is -2.12. The number of aliphatic hydroxyl groups is 5. The van der Waals surface area contributed by atoms with Gasteiger partial charge in [0.2, 0.25) is 5.91 Å². The van der Waals surface area contributed by atoms with Gasteiger partial charge in [-0.1, -0.05) is 326 Å². The minimum absolute atomic E-state index is 0.00782. The largest absolute Gasteiger partial charge is 0.466 e. The zero-order valence-corrected chi connectivity index (χ0v) is 58.4. The summed E-state index contributed by atoms with van der Waals surface area (Å²) in [6.45, 7) is 4.34. The van der Waals surface area contributed by atoms with Crippen LogP contribution in [0.4, 0.5) is 0 Å². The van der Waals surface area contributed by atoms with Crippen LogP contribution in [-0.2, 0) is 23.8 Å². The fourth-order valence-electron chi connectivity index (χ4n) is 12.4. The van der Waals surface area contributed by atoms with Crippen LogP contribution in [0.25, 0.3) is 0 Å². The molecule has 0 bridgehead atoms. The van der Waals surface area contributed by atoms with Gasteiger partial charge in [0.1, 0.15) is 24.4 Å². The van der Waals surface area contributed by atoms with E-state index in [0.717, 1.165) is 57.8 Å². The lowest BCUT2D eigenvalue weighted by Gasteiger charge is -2.40. The maximum Gasteiger partial charge on any atom is 0.305 e. The summed E-state index contributed by atoms with van der Waals surface area (Å²) < 4.78 is 16.7. The molecule has 0 aliphatic carbocycles. The van der Waals surface area contributed by atoms with E-state index in [1.165, 1.54) is 302 Å². The molecule has 0 aromatic rings. The third-order valence-corrected chi connectivity index (χ3v) is 18.5. The van der Waals surface area contributed by atoms with Gasteiger partial charge in [-0.25, -0.2) is 0 Å². The number of rotatable bonds is 69. The normalized spacial score (nSPS) is 17.9. The van der Waals surface area contributed by atoms with Crippen LogP contribution in [0.1, 0.15) is 386 Å². The minimum Gasteiger partial charge on any atom is -0.466 e. The Morgan fingerprint density at radius 1 is 0.404 bits per heavy atom. The van der Waals surface area contributed by atoms with Crippen molar-refractivity contribution < 1.29 is 49.3 Å². The van der Waals surface area contributed by atoms with Gasteiger partial charge in [0.15, 0.2) is 6.29 Å². The number of nitrogens with one attached hydrogen (secondary N) is 1. The van der Waals surface area contributed by atoms with Gasteiger partial charge in [-0.15, -0.1) is 0 Å². The molecule has 0 aromatic heterocycles. The van der Waals surface area contributed by atoms with E-state index in [9.17, 15) is 35.1 Å². The zero-order chi connectivity index (χ0) is 64.4. The van der Waals surface area contributed by atoms with Gasteiger partial charge in [0, 0.05) is 12.8 Å². The van der Waals surface area contributed by atoms with Crippen LogP contribution in [-0.4, -0.2) is 100 Å². The van der Waals surface area contributed by atoms with Crippen LogP contribution in [0.15, 0.2) is 36.5 Å². The third kappa shape index (κ3) is 56.0. The molecule has 89 heavy (non-hydrogen) atoms. The maximum atomic E-state index is 13.0. The van der Waals surface area contributed by atoms with Gasteiger partial charge < -0.3 is 45.1 Å². The number of unbranched alkanes of at least 4 members (excludes halogenated alkanes) is 51. The lowest BCUT2D eigenvalue weighted by molar-refractivity contribution is -0.302. The Morgan fingerprint density at radius 3 is 1.09 bits per heavy atom. The van der Waals surface area contributed by atoms with Crippen LogP contribution in [0, 0.1) is 0 Å². The zero-order valence-electron chi connectivity index (χ0n) is 58.4. The van der Waals surface area contributed by atoms with Crippen molar-refractivity contribution in [1.29, 1.82) is 0 Å². The van der Waals surface area contributed by atoms with Crippen LogP contribution in [0.2, 0.25) is 0 Å². The Kier molecular flexibility index (Phi) is 64.2. The highest BCUT2D eigenvalue weighted by Crippen LogP contribution is 2.24. The molecule has 1 aliphatic rings. The van der Waals surface area contributed by atoms with E-state index in [0.29, 0.717) is 19.4 Å². The summed E-state index contributed by atoms with van der Waals surface area (Å²) in [4.78, 5) is 25.1. The molecule has 1 saturated heterocycles. The number of hydrogen-bond acceptors (Lipinski definition) is 10. The molecular formula is C78H147NO10. The Bertz CT molecular complexity index is 1570. The molecule has 1 amide bonds. The van der Waals surface area contributed by atoms with E-state index >= 15 is 0 Å². The molecule has 11 nitrogen and oxygen atoms in total. The first-order chi connectivity index (χ1) is 43.7. The molecular weight excluding hydrogens is 1110 g/mol. The number of esters is 1. The van der Waals surface area contributed by atoms with E-state index in [1.54, 1.807) is 6.08 Å². The Morgan fingerprint density at radius 2 is 0.719 bits per heavy atom. The fraction of sp³-hybridized carbons (Fsp3) is 0.897. The summed E-state index contributed by atoms with van der Waals surface area (Å²) >= 11 is 0. The van der Waals surface area contributed by atoms with Crippen molar-refractivity contribution in [3.05, 3.63) is 36.5 Å². The summed E-state index contributed by atoms with van der Waals surface area (Å²) in [5.41, 5.74) is 0. The molecule has 7 unspecified atom stereocenters. The number of amides is 1. The van der Waals surface area contributed by atoms with Crippen LogP contribution < -0.4 is 5.32 Å². The first-order valence-corrected chi connectivity index (χ1v) is 38.8. The van der Waals surface area contributed by atoms with Crippen molar-refractivity contribution in [2.24, 2.45) is 0 Å². The average Bonchev–Trinajstić information content (AvgIpc) is 2.50. The van der Waals surface area contributed by atoms with E-state index in [4.69, 9.17) is 14.2 Å². The molecule has 0 spiro atoms. The SMILES string of the molecule is CCCCCC/C=C\CCCCCCCC(=O)OCCCCCCCCCCCCCCCCCCCC/C=C\CCCCCCCCCCCCCCCCCCCC(=O)NC(COC1OC(CO)C(O)C(O)C1O)C(O)/C=C/CCCCCCCCC. The highest BCUT2D eigenvalue weighted by molar-refractivity contribution is 5.76. The molecule has 7 atom stereocenters. The molecule has 1 heterocycles. The van der Waals surface area contributed by atoms with Crippen molar-refractivity contribution in [1.82, 2.24) is 5.32 Å². The second-order valence-electron chi connectivity index (χ2n) is 27.1.